The highest BCUT2D eigenvalue weighted by atomic mass is 19.3. The topological polar surface area (TPSA) is 27.7 Å². The van der Waals surface area contributed by atoms with Crippen LogP contribution in [0.1, 0.15) is 63.9 Å². The fourth-order valence-corrected chi connectivity index (χ4v) is 4.36. The Hall–Kier alpha value is -2.63. The summed E-state index contributed by atoms with van der Waals surface area (Å²) < 4.78 is 139. The Labute approximate surface area is 213 Å². The van der Waals surface area contributed by atoms with Crippen LogP contribution in [-0.2, 0) is 10.8 Å². The van der Waals surface area contributed by atoms with Gasteiger partial charge in [0.1, 0.15) is 28.7 Å². The van der Waals surface area contributed by atoms with E-state index in [4.69, 9.17) is 4.74 Å². The number of hydrogen-bond donors (Lipinski definition) is 0. The largest absolute Gasteiger partial charge is 0.432 e. The predicted molar refractivity (Wildman–Crippen MR) is 119 cm³/mol. The van der Waals surface area contributed by atoms with E-state index >= 15 is 0 Å². The fraction of sp³-hybridized carbons (Fsp3) is 0.538. The van der Waals surface area contributed by atoms with Gasteiger partial charge in [0, 0.05) is 24.3 Å². The van der Waals surface area contributed by atoms with Crippen LogP contribution in [0, 0.1) is 35.0 Å². The van der Waals surface area contributed by atoms with E-state index in [1.807, 2.05) is 0 Å². The minimum atomic E-state index is -4.86. The molecule has 0 spiro atoms. The van der Waals surface area contributed by atoms with Gasteiger partial charge < -0.3 is 14.2 Å². The Morgan fingerprint density at radius 1 is 0.737 bits per heavy atom. The summed E-state index contributed by atoms with van der Waals surface area (Å²) in [5.41, 5.74) is -2.04. The average molecular weight is 558 g/mol. The molecule has 12 heteroatoms. The van der Waals surface area contributed by atoms with Gasteiger partial charge in [0.25, 0.3) is 0 Å². The highest BCUT2D eigenvalue weighted by Crippen LogP contribution is 2.38. The number of benzene rings is 2. The lowest BCUT2D eigenvalue weighted by atomic mass is 9.84. The quantitative estimate of drug-likeness (QED) is 0.148. The fourth-order valence-electron chi connectivity index (χ4n) is 4.36. The third-order valence-electron chi connectivity index (χ3n) is 6.27. The molecule has 3 rings (SSSR count). The van der Waals surface area contributed by atoms with Gasteiger partial charge >= 0.3 is 12.2 Å². The molecule has 2 aromatic rings. The van der Waals surface area contributed by atoms with Crippen LogP contribution < -0.4 is 9.47 Å². The van der Waals surface area contributed by atoms with Crippen LogP contribution in [0.2, 0.25) is 0 Å². The predicted octanol–water partition coefficient (Wildman–Crippen LogP) is 8.64. The first-order valence-corrected chi connectivity index (χ1v) is 12.2. The molecule has 0 radical (unpaired) electrons. The number of halogens is 9. The molecule has 0 N–H and O–H groups in total. The molecule has 212 valence electrons. The third-order valence-corrected chi connectivity index (χ3v) is 6.27. The van der Waals surface area contributed by atoms with Gasteiger partial charge in [-0.3, -0.25) is 0 Å². The third kappa shape index (κ3) is 7.94. The van der Waals surface area contributed by atoms with Crippen molar-refractivity contribution in [3.8, 4) is 11.5 Å². The highest BCUT2D eigenvalue weighted by molar-refractivity contribution is 5.34. The van der Waals surface area contributed by atoms with Crippen LogP contribution >= 0.6 is 0 Å². The lowest BCUT2D eigenvalue weighted by Gasteiger charge is -2.29. The monoisotopic (exact) mass is 558 g/mol. The average Bonchev–Trinajstić information content (AvgIpc) is 2.81. The summed E-state index contributed by atoms with van der Waals surface area (Å²) in [6.07, 6.45) is -2.02. The van der Waals surface area contributed by atoms with Crippen LogP contribution in [-0.4, -0.2) is 18.8 Å². The first-order valence-electron chi connectivity index (χ1n) is 12.2. The van der Waals surface area contributed by atoms with Crippen molar-refractivity contribution in [1.29, 1.82) is 0 Å². The van der Waals surface area contributed by atoms with Gasteiger partial charge in [-0.15, -0.1) is 0 Å². The molecule has 38 heavy (non-hydrogen) atoms. The number of alkyl halides is 4. The highest BCUT2D eigenvalue weighted by Gasteiger charge is 2.42. The summed E-state index contributed by atoms with van der Waals surface area (Å²) >= 11 is 0. The second kappa shape index (κ2) is 12.5. The van der Waals surface area contributed by atoms with Crippen molar-refractivity contribution >= 4 is 0 Å². The first kappa shape index (κ1) is 29.9. The molecule has 0 unspecified atom stereocenters. The van der Waals surface area contributed by atoms with E-state index in [0.29, 0.717) is 18.8 Å². The molecule has 0 heterocycles. The van der Waals surface area contributed by atoms with E-state index in [-0.39, 0.29) is 24.3 Å². The van der Waals surface area contributed by atoms with Crippen LogP contribution in [0.5, 0.6) is 11.5 Å². The maximum Gasteiger partial charge on any atom is 0.432 e. The minimum absolute atomic E-state index is 0.0408. The molecular weight excluding hydrogens is 531 g/mol. The zero-order valence-electron chi connectivity index (χ0n) is 20.5. The number of ether oxygens (including phenoxy) is 3. The summed E-state index contributed by atoms with van der Waals surface area (Å²) in [5.74, 6) is -11.7. The van der Waals surface area contributed by atoms with E-state index in [0.717, 1.165) is 38.5 Å². The minimum Gasteiger partial charge on any atom is -0.431 e. The lowest BCUT2D eigenvalue weighted by Crippen LogP contribution is -2.34. The molecule has 0 bridgehead atoms. The van der Waals surface area contributed by atoms with Gasteiger partial charge in [-0.1, -0.05) is 32.6 Å². The summed E-state index contributed by atoms with van der Waals surface area (Å²) in [7, 11) is 0. The molecule has 1 aliphatic rings. The molecular formula is C26H27F9O3. The summed E-state index contributed by atoms with van der Waals surface area (Å²) in [6, 6.07) is 0.242. The zero-order valence-corrected chi connectivity index (χ0v) is 20.5. The maximum atomic E-state index is 14.4. The summed E-state index contributed by atoms with van der Waals surface area (Å²) in [6.45, 7) is 0.890. The first-order chi connectivity index (χ1) is 17.8. The zero-order chi connectivity index (χ0) is 28.1. The van der Waals surface area contributed by atoms with Crippen molar-refractivity contribution in [3.63, 3.8) is 0 Å². The molecule has 1 aliphatic carbocycles. The lowest BCUT2D eigenvalue weighted by molar-refractivity contribution is -0.222. The molecule has 3 nitrogen and oxygen atoms in total. The Kier molecular flexibility index (Phi) is 9.83. The van der Waals surface area contributed by atoms with Crippen molar-refractivity contribution in [2.45, 2.75) is 76.6 Å². The second-order valence-electron chi connectivity index (χ2n) is 9.27. The van der Waals surface area contributed by atoms with Gasteiger partial charge in [-0.25, -0.2) is 22.0 Å². The van der Waals surface area contributed by atoms with Crippen molar-refractivity contribution in [3.05, 3.63) is 58.9 Å². The standard InChI is InChI=1S/C26H27F9O3/c1-2-3-4-5-15-6-8-16(9-7-15)36-14-25(32,33)37-17-10-19(27)23(20(28)11-17)26(34,35)38-18-12-21(29)24(31)22(30)13-18/h10-13,15-16H,2-9,14H2,1H3. The van der Waals surface area contributed by atoms with E-state index in [9.17, 15) is 39.5 Å². The summed E-state index contributed by atoms with van der Waals surface area (Å²) in [4.78, 5) is 0. The SMILES string of the molecule is CCCCCC1CCC(OCC(F)(F)Oc2cc(F)c(C(F)(F)Oc3cc(F)c(F)c(F)c3)c(F)c2)CC1. The van der Waals surface area contributed by atoms with Crippen molar-refractivity contribution in [2.24, 2.45) is 5.92 Å². The van der Waals surface area contributed by atoms with E-state index in [1.165, 1.54) is 0 Å². The van der Waals surface area contributed by atoms with Crippen LogP contribution in [0.25, 0.3) is 0 Å². The maximum absolute atomic E-state index is 14.4. The molecule has 0 saturated heterocycles. The van der Waals surface area contributed by atoms with E-state index in [1.54, 1.807) is 0 Å². The van der Waals surface area contributed by atoms with Crippen molar-refractivity contribution in [1.82, 2.24) is 0 Å². The molecule has 0 aliphatic heterocycles. The molecule has 0 atom stereocenters. The van der Waals surface area contributed by atoms with E-state index in [2.05, 4.69) is 16.4 Å². The number of rotatable bonds is 12. The number of unbranched alkanes of at least 4 members (excludes halogenated alkanes) is 2. The smallest absolute Gasteiger partial charge is 0.431 e. The Bertz CT molecular complexity index is 1040. The number of hydrogen-bond acceptors (Lipinski definition) is 3. The second-order valence-corrected chi connectivity index (χ2v) is 9.27. The van der Waals surface area contributed by atoms with Gasteiger partial charge in [0.05, 0.1) is 6.10 Å². The molecule has 2 aromatic carbocycles. The molecule has 0 aromatic heterocycles. The van der Waals surface area contributed by atoms with Gasteiger partial charge in [-0.2, -0.15) is 17.6 Å². The van der Waals surface area contributed by atoms with Gasteiger partial charge in [0.15, 0.2) is 24.1 Å². The van der Waals surface area contributed by atoms with Crippen molar-refractivity contribution < 1.29 is 53.7 Å². The molecule has 1 fully saturated rings. The van der Waals surface area contributed by atoms with Crippen molar-refractivity contribution in [2.75, 3.05) is 6.61 Å². The molecule has 1 saturated carbocycles. The Morgan fingerprint density at radius 3 is 1.82 bits per heavy atom. The Balaban J connectivity index is 1.60. The van der Waals surface area contributed by atoms with E-state index < -0.39 is 71.1 Å². The van der Waals surface area contributed by atoms with Gasteiger partial charge in [-0.05, 0) is 31.6 Å². The molecule has 0 amide bonds. The van der Waals surface area contributed by atoms with Gasteiger partial charge in [0.2, 0.25) is 0 Å². The Morgan fingerprint density at radius 2 is 1.26 bits per heavy atom. The summed E-state index contributed by atoms with van der Waals surface area (Å²) in [5, 5.41) is 0. The van der Waals surface area contributed by atoms with Crippen LogP contribution in [0.15, 0.2) is 24.3 Å². The normalized spacial score (nSPS) is 18.5. The van der Waals surface area contributed by atoms with Crippen LogP contribution in [0.4, 0.5) is 39.5 Å². The van der Waals surface area contributed by atoms with Crippen LogP contribution in [0.3, 0.4) is 0 Å².